The molecule has 0 aromatic carbocycles. The molecule has 0 aliphatic heterocycles. The van der Waals surface area contributed by atoms with Crippen molar-refractivity contribution in [2.45, 2.75) is 26.8 Å². The van der Waals surface area contributed by atoms with Crippen LogP contribution in [0.4, 0.5) is 5.82 Å². The van der Waals surface area contributed by atoms with E-state index >= 15 is 0 Å². The Kier molecular flexibility index (Phi) is 5.02. The van der Waals surface area contributed by atoms with Gasteiger partial charge >= 0.3 is 0 Å². The summed E-state index contributed by atoms with van der Waals surface area (Å²) in [6.45, 7) is 4.51. The maximum Gasteiger partial charge on any atom is 0.260 e. The quantitative estimate of drug-likeness (QED) is 0.744. The molecule has 0 aliphatic carbocycles. The number of anilines is 1. The summed E-state index contributed by atoms with van der Waals surface area (Å²) in [6, 6.07) is 7.54. The highest BCUT2D eigenvalue weighted by atomic mass is 16.1. The van der Waals surface area contributed by atoms with Crippen molar-refractivity contribution < 1.29 is 0 Å². The molecule has 3 aromatic rings. The minimum absolute atomic E-state index is 0.0659. The molecule has 2 N–H and O–H groups in total. The maximum absolute atomic E-state index is 12.7. The fraction of sp³-hybridized carbons (Fsp3) is 0.250. The number of hydrogen-bond donors (Lipinski definition) is 2. The highest BCUT2D eigenvalue weighted by Crippen LogP contribution is 2.13. The van der Waals surface area contributed by atoms with Crippen molar-refractivity contribution in [3.63, 3.8) is 0 Å². The minimum Gasteiger partial charge on any atom is -0.373 e. The van der Waals surface area contributed by atoms with Gasteiger partial charge in [0.2, 0.25) is 0 Å². The van der Waals surface area contributed by atoms with Gasteiger partial charge in [0.1, 0.15) is 11.3 Å². The van der Waals surface area contributed by atoms with Crippen molar-refractivity contribution in [3.05, 3.63) is 69.8 Å². The van der Waals surface area contributed by atoms with Gasteiger partial charge in [0, 0.05) is 38.4 Å². The predicted octanol–water partition coefficient (Wildman–Crippen LogP) is 2.84. The van der Waals surface area contributed by atoms with Crippen LogP contribution in [0.2, 0.25) is 0 Å². The summed E-state index contributed by atoms with van der Waals surface area (Å²) in [6.07, 6.45) is 8.19. The van der Waals surface area contributed by atoms with Crippen LogP contribution in [0.5, 0.6) is 0 Å². The lowest BCUT2D eigenvalue weighted by Crippen LogP contribution is -2.21. The molecule has 0 bridgehead atoms. The molecule has 0 fully saturated rings. The predicted molar refractivity (Wildman–Crippen MR) is 105 cm³/mol. The molecule has 0 aliphatic rings. The number of nitrogens with one attached hydrogen (secondary N) is 2. The first-order chi connectivity index (χ1) is 12.5. The van der Waals surface area contributed by atoms with Gasteiger partial charge in [-0.1, -0.05) is 13.0 Å². The SMILES string of the molecule is CCc1ccc(=N)n(/C=C(\C)Cn2ccc3cc(NC)ncc3c2=O)c1. The van der Waals surface area contributed by atoms with E-state index in [1.54, 1.807) is 34.6 Å². The topological polar surface area (TPSA) is 75.7 Å². The Labute approximate surface area is 152 Å². The zero-order valence-electron chi connectivity index (χ0n) is 15.3. The summed E-state index contributed by atoms with van der Waals surface area (Å²) in [5.41, 5.74) is 2.50. The van der Waals surface area contributed by atoms with E-state index < -0.39 is 0 Å². The second-order valence-corrected chi connectivity index (χ2v) is 6.31. The summed E-state index contributed by atoms with van der Waals surface area (Å²) < 4.78 is 3.46. The van der Waals surface area contributed by atoms with E-state index in [-0.39, 0.29) is 5.56 Å². The molecule has 3 rings (SSSR count). The standard InChI is InChI=1S/C20H23N5O/c1-4-15-5-6-18(21)25(13-15)12-14(2)11-24-8-7-16-9-19(22-3)23-10-17(16)20(24)26/h5-10,12-13,21H,4,11H2,1-3H3,(H,22,23)/b14-12+,21-18?. The number of hydrogen-bond acceptors (Lipinski definition) is 4. The van der Waals surface area contributed by atoms with Gasteiger partial charge in [-0.15, -0.1) is 0 Å². The third kappa shape index (κ3) is 3.59. The van der Waals surface area contributed by atoms with Crippen LogP contribution in [0.3, 0.4) is 0 Å². The number of aryl methyl sites for hydroxylation is 1. The zero-order chi connectivity index (χ0) is 18.7. The Morgan fingerprint density at radius 1 is 1.35 bits per heavy atom. The third-order valence-electron chi connectivity index (χ3n) is 4.34. The van der Waals surface area contributed by atoms with Gasteiger partial charge in [0.05, 0.1) is 5.39 Å². The van der Waals surface area contributed by atoms with Crippen LogP contribution in [0, 0.1) is 5.41 Å². The average Bonchev–Trinajstić information content (AvgIpc) is 2.65. The second kappa shape index (κ2) is 7.39. The van der Waals surface area contributed by atoms with Crippen molar-refractivity contribution in [1.29, 1.82) is 5.41 Å². The van der Waals surface area contributed by atoms with E-state index in [2.05, 4.69) is 17.2 Å². The van der Waals surface area contributed by atoms with Crippen LogP contribution in [0.1, 0.15) is 19.4 Å². The lowest BCUT2D eigenvalue weighted by Gasteiger charge is -2.10. The average molecular weight is 349 g/mol. The van der Waals surface area contributed by atoms with Crippen LogP contribution >= 0.6 is 0 Å². The number of rotatable bonds is 5. The van der Waals surface area contributed by atoms with E-state index in [0.29, 0.717) is 17.4 Å². The molecule has 134 valence electrons. The third-order valence-corrected chi connectivity index (χ3v) is 4.34. The normalized spacial score (nSPS) is 11.7. The highest BCUT2D eigenvalue weighted by molar-refractivity contribution is 5.82. The van der Waals surface area contributed by atoms with E-state index in [1.165, 1.54) is 5.56 Å². The molecule has 0 saturated heterocycles. The van der Waals surface area contributed by atoms with E-state index in [1.807, 2.05) is 37.5 Å². The number of fused-ring (bicyclic) bond motifs is 1. The molecule has 0 radical (unpaired) electrons. The van der Waals surface area contributed by atoms with E-state index in [4.69, 9.17) is 5.41 Å². The summed E-state index contributed by atoms with van der Waals surface area (Å²) in [5.74, 6) is 0.737. The molecule has 0 amide bonds. The van der Waals surface area contributed by atoms with Crippen LogP contribution < -0.4 is 16.4 Å². The first kappa shape index (κ1) is 17.7. The Balaban J connectivity index is 1.94. The van der Waals surface area contributed by atoms with Crippen LogP contribution in [-0.2, 0) is 13.0 Å². The molecule has 0 unspecified atom stereocenters. The largest absolute Gasteiger partial charge is 0.373 e. The maximum atomic E-state index is 12.7. The number of nitrogens with zero attached hydrogens (tertiary/aromatic N) is 3. The van der Waals surface area contributed by atoms with Gasteiger partial charge in [-0.05, 0) is 48.1 Å². The molecule has 3 aromatic heterocycles. The highest BCUT2D eigenvalue weighted by Gasteiger charge is 2.05. The second-order valence-electron chi connectivity index (χ2n) is 6.31. The van der Waals surface area contributed by atoms with Gasteiger partial charge in [0.15, 0.2) is 0 Å². The van der Waals surface area contributed by atoms with Crippen molar-refractivity contribution in [2.75, 3.05) is 12.4 Å². The van der Waals surface area contributed by atoms with Gasteiger partial charge in [0.25, 0.3) is 5.56 Å². The molecule has 0 spiro atoms. The van der Waals surface area contributed by atoms with Crippen molar-refractivity contribution >= 4 is 22.8 Å². The molecule has 6 nitrogen and oxygen atoms in total. The lowest BCUT2D eigenvalue weighted by molar-refractivity contribution is 0.753. The first-order valence-corrected chi connectivity index (χ1v) is 8.61. The number of pyridine rings is 3. The number of aromatic nitrogens is 3. The zero-order valence-corrected chi connectivity index (χ0v) is 15.3. The smallest absolute Gasteiger partial charge is 0.260 e. The molecule has 6 heteroatoms. The molecule has 0 saturated carbocycles. The van der Waals surface area contributed by atoms with E-state index in [9.17, 15) is 4.79 Å². The number of allylic oxidation sites excluding steroid dienone is 1. The summed E-state index contributed by atoms with van der Waals surface area (Å²) in [7, 11) is 1.80. The molecular weight excluding hydrogens is 326 g/mol. The van der Waals surface area contributed by atoms with Gasteiger partial charge in [-0.2, -0.15) is 0 Å². The molecule has 3 heterocycles. The fourth-order valence-electron chi connectivity index (χ4n) is 2.87. The first-order valence-electron chi connectivity index (χ1n) is 8.61. The molecular formula is C20H23N5O. The Hall–Kier alpha value is -3.15. The Morgan fingerprint density at radius 3 is 2.88 bits per heavy atom. The Bertz CT molecular complexity index is 1090. The van der Waals surface area contributed by atoms with Crippen molar-refractivity contribution in [1.82, 2.24) is 14.1 Å². The summed E-state index contributed by atoms with van der Waals surface area (Å²) >= 11 is 0. The van der Waals surface area contributed by atoms with Crippen LogP contribution in [0.15, 0.2) is 53.2 Å². The van der Waals surface area contributed by atoms with E-state index in [0.717, 1.165) is 23.2 Å². The molecule has 0 atom stereocenters. The van der Waals surface area contributed by atoms with Crippen LogP contribution in [-0.4, -0.2) is 21.2 Å². The van der Waals surface area contributed by atoms with Gasteiger partial charge in [-0.25, -0.2) is 4.98 Å². The summed E-state index contributed by atoms with van der Waals surface area (Å²) in [5, 5.41) is 12.5. The summed E-state index contributed by atoms with van der Waals surface area (Å²) in [4.78, 5) is 17.0. The molecule has 26 heavy (non-hydrogen) atoms. The Morgan fingerprint density at radius 2 is 2.15 bits per heavy atom. The van der Waals surface area contributed by atoms with Crippen molar-refractivity contribution in [2.24, 2.45) is 0 Å². The van der Waals surface area contributed by atoms with Crippen LogP contribution in [0.25, 0.3) is 17.0 Å². The van der Waals surface area contributed by atoms with Crippen molar-refractivity contribution in [3.8, 4) is 0 Å². The fourth-order valence-corrected chi connectivity index (χ4v) is 2.87. The monoisotopic (exact) mass is 349 g/mol. The minimum atomic E-state index is -0.0659. The lowest BCUT2D eigenvalue weighted by atomic mass is 10.2. The van der Waals surface area contributed by atoms with Gasteiger partial charge < -0.3 is 14.5 Å². The van der Waals surface area contributed by atoms with Gasteiger partial charge in [-0.3, -0.25) is 10.2 Å².